The summed E-state index contributed by atoms with van der Waals surface area (Å²) in [7, 11) is 1.90. The van der Waals surface area contributed by atoms with Crippen molar-refractivity contribution < 1.29 is 9.90 Å². The lowest BCUT2D eigenvalue weighted by Gasteiger charge is -2.02. The van der Waals surface area contributed by atoms with Crippen molar-refractivity contribution in [2.24, 2.45) is 7.05 Å². The summed E-state index contributed by atoms with van der Waals surface area (Å²) in [6.45, 7) is 0. The summed E-state index contributed by atoms with van der Waals surface area (Å²) in [6, 6.07) is 10.0. The van der Waals surface area contributed by atoms with Crippen molar-refractivity contribution in [2.45, 2.75) is 12.2 Å². The molecule has 0 spiro atoms. The van der Waals surface area contributed by atoms with Crippen LogP contribution in [0.4, 0.5) is 0 Å². The lowest BCUT2D eigenvalue weighted by atomic mass is 10.1. The van der Waals surface area contributed by atoms with Crippen molar-refractivity contribution in [3.05, 3.63) is 42.1 Å². The number of hydrogen-bond acceptors (Lipinski definition) is 3. The first-order valence-electron chi connectivity index (χ1n) is 6.04. The number of aliphatic carboxylic acids is 1. The number of rotatable bonds is 6. The zero-order chi connectivity index (χ0) is 13.7. The van der Waals surface area contributed by atoms with E-state index in [4.69, 9.17) is 5.11 Å². The topological polar surface area (TPSA) is 55.1 Å². The molecule has 0 aliphatic carbocycles. The highest BCUT2D eigenvalue weighted by molar-refractivity contribution is 7.98. The van der Waals surface area contributed by atoms with Crippen molar-refractivity contribution in [3.8, 4) is 11.3 Å². The number of carboxylic acid groups (broad SMARTS) is 1. The Morgan fingerprint density at radius 2 is 2.11 bits per heavy atom. The third-order valence-electron chi connectivity index (χ3n) is 2.67. The van der Waals surface area contributed by atoms with Crippen LogP contribution >= 0.6 is 11.8 Å². The lowest BCUT2D eigenvalue weighted by Crippen LogP contribution is -1.96. The highest BCUT2D eigenvalue weighted by Gasteiger charge is 2.10. The van der Waals surface area contributed by atoms with E-state index < -0.39 is 5.97 Å². The van der Waals surface area contributed by atoms with Gasteiger partial charge >= 0.3 is 5.97 Å². The second-order valence-electron chi connectivity index (χ2n) is 4.24. The summed E-state index contributed by atoms with van der Waals surface area (Å²) in [6.07, 6.45) is 2.20. The zero-order valence-corrected chi connectivity index (χ0v) is 11.6. The number of nitrogens with zero attached hydrogens (tertiary/aromatic N) is 2. The predicted molar refractivity (Wildman–Crippen MR) is 77.1 cm³/mol. The van der Waals surface area contributed by atoms with Crippen LogP contribution < -0.4 is 0 Å². The van der Waals surface area contributed by atoms with Crippen LogP contribution in [0.5, 0.6) is 0 Å². The molecule has 2 rings (SSSR count). The number of carboxylic acids is 1. The smallest absolute Gasteiger partial charge is 0.304 e. The molecule has 0 radical (unpaired) electrons. The third-order valence-corrected chi connectivity index (χ3v) is 3.68. The number of hydrogen-bond donors (Lipinski definition) is 1. The van der Waals surface area contributed by atoms with Crippen LogP contribution in [-0.2, 0) is 17.6 Å². The quantitative estimate of drug-likeness (QED) is 0.824. The van der Waals surface area contributed by atoms with E-state index in [1.807, 2.05) is 43.6 Å². The average Bonchev–Trinajstić information content (AvgIpc) is 2.77. The first-order valence-corrected chi connectivity index (χ1v) is 7.20. The first kappa shape index (κ1) is 13.7. The van der Waals surface area contributed by atoms with Gasteiger partial charge in [0.25, 0.3) is 0 Å². The van der Waals surface area contributed by atoms with Gasteiger partial charge in [-0.3, -0.25) is 9.48 Å². The summed E-state index contributed by atoms with van der Waals surface area (Å²) >= 11 is 1.62. The highest BCUT2D eigenvalue weighted by atomic mass is 32.2. The summed E-state index contributed by atoms with van der Waals surface area (Å²) in [4.78, 5) is 10.5. The van der Waals surface area contributed by atoms with E-state index >= 15 is 0 Å². The molecule has 0 amide bonds. The van der Waals surface area contributed by atoms with Crippen LogP contribution in [0.3, 0.4) is 0 Å². The minimum atomic E-state index is -0.748. The second-order valence-corrected chi connectivity index (χ2v) is 5.34. The Bertz CT molecular complexity index is 552. The Morgan fingerprint density at radius 1 is 1.37 bits per heavy atom. The van der Waals surface area contributed by atoms with E-state index in [0.717, 1.165) is 22.6 Å². The van der Waals surface area contributed by atoms with Crippen LogP contribution in [0.2, 0.25) is 0 Å². The molecule has 1 N–H and O–H groups in total. The van der Waals surface area contributed by atoms with Crippen molar-refractivity contribution in [3.63, 3.8) is 0 Å². The van der Waals surface area contributed by atoms with Gasteiger partial charge < -0.3 is 5.11 Å². The van der Waals surface area contributed by atoms with Gasteiger partial charge in [0.1, 0.15) is 0 Å². The average molecular weight is 276 g/mol. The molecular weight excluding hydrogens is 260 g/mol. The van der Waals surface area contributed by atoms with Gasteiger partial charge in [-0.1, -0.05) is 30.3 Å². The molecule has 19 heavy (non-hydrogen) atoms. The Kier molecular flexibility index (Phi) is 4.63. The van der Waals surface area contributed by atoms with Crippen LogP contribution in [0.1, 0.15) is 12.0 Å². The molecular formula is C14H16N2O2S. The van der Waals surface area contributed by atoms with Crippen molar-refractivity contribution in [1.82, 2.24) is 9.78 Å². The Hall–Kier alpha value is -1.75. The van der Waals surface area contributed by atoms with Crippen LogP contribution in [0, 0.1) is 0 Å². The maximum atomic E-state index is 10.5. The summed E-state index contributed by atoms with van der Waals surface area (Å²) in [5, 5.41) is 13.1. The molecule has 0 fully saturated rings. The first-order chi connectivity index (χ1) is 9.16. The largest absolute Gasteiger partial charge is 0.481 e. The zero-order valence-electron chi connectivity index (χ0n) is 10.7. The minimum Gasteiger partial charge on any atom is -0.481 e. The molecule has 2 aromatic rings. The van der Waals surface area contributed by atoms with E-state index in [1.165, 1.54) is 0 Å². The van der Waals surface area contributed by atoms with E-state index in [1.54, 1.807) is 16.4 Å². The van der Waals surface area contributed by atoms with Crippen molar-refractivity contribution in [2.75, 3.05) is 5.75 Å². The number of aromatic nitrogens is 2. The van der Waals surface area contributed by atoms with E-state index in [-0.39, 0.29) is 6.42 Å². The molecule has 0 aliphatic rings. The molecule has 0 atom stereocenters. The molecule has 1 heterocycles. The molecule has 5 heteroatoms. The number of aryl methyl sites for hydroxylation is 1. The van der Waals surface area contributed by atoms with Crippen LogP contribution in [-0.4, -0.2) is 26.6 Å². The van der Waals surface area contributed by atoms with E-state index in [9.17, 15) is 4.79 Å². The SMILES string of the molecule is Cn1cc(CSCCC(=O)O)c(-c2ccccc2)n1. The summed E-state index contributed by atoms with van der Waals surface area (Å²) < 4.78 is 1.80. The van der Waals surface area contributed by atoms with Gasteiger partial charge in [0, 0.05) is 35.9 Å². The fourth-order valence-corrected chi connectivity index (χ4v) is 2.72. The molecule has 4 nitrogen and oxygen atoms in total. The van der Waals surface area contributed by atoms with Gasteiger partial charge in [0.2, 0.25) is 0 Å². The van der Waals surface area contributed by atoms with Gasteiger partial charge in [-0.2, -0.15) is 16.9 Å². The van der Waals surface area contributed by atoms with Crippen molar-refractivity contribution >= 4 is 17.7 Å². The molecule has 0 saturated heterocycles. The standard InChI is InChI=1S/C14H16N2O2S/c1-16-9-12(10-19-8-7-13(17)18)14(15-16)11-5-3-2-4-6-11/h2-6,9H,7-8,10H2,1H3,(H,17,18). The van der Waals surface area contributed by atoms with Gasteiger partial charge in [0.05, 0.1) is 12.1 Å². The molecule has 100 valence electrons. The molecule has 1 aromatic carbocycles. The monoisotopic (exact) mass is 276 g/mol. The minimum absolute atomic E-state index is 0.200. The predicted octanol–water partition coefficient (Wildman–Crippen LogP) is 2.80. The van der Waals surface area contributed by atoms with E-state index in [0.29, 0.717) is 5.75 Å². The normalized spacial score (nSPS) is 10.6. The maximum Gasteiger partial charge on any atom is 0.304 e. The Balaban J connectivity index is 2.07. The third kappa shape index (κ3) is 3.86. The molecule has 0 saturated carbocycles. The fourth-order valence-electron chi connectivity index (χ4n) is 1.82. The van der Waals surface area contributed by atoms with Gasteiger partial charge in [-0.25, -0.2) is 0 Å². The van der Waals surface area contributed by atoms with Gasteiger partial charge in [-0.15, -0.1) is 0 Å². The Labute approximate surface area is 116 Å². The van der Waals surface area contributed by atoms with Crippen LogP contribution in [0.15, 0.2) is 36.5 Å². The molecule has 0 aliphatic heterocycles. The molecule has 1 aromatic heterocycles. The van der Waals surface area contributed by atoms with Crippen LogP contribution in [0.25, 0.3) is 11.3 Å². The summed E-state index contributed by atoms with van der Waals surface area (Å²) in [5.74, 6) is 0.658. The van der Waals surface area contributed by atoms with E-state index in [2.05, 4.69) is 5.10 Å². The molecule has 0 unspecified atom stereocenters. The Morgan fingerprint density at radius 3 is 2.79 bits per heavy atom. The highest BCUT2D eigenvalue weighted by Crippen LogP contribution is 2.25. The lowest BCUT2D eigenvalue weighted by molar-refractivity contribution is -0.136. The number of thioether (sulfide) groups is 1. The second kappa shape index (κ2) is 6.43. The fraction of sp³-hybridized carbons (Fsp3) is 0.286. The van der Waals surface area contributed by atoms with Gasteiger partial charge in [-0.05, 0) is 0 Å². The maximum absolute atomic E-state index is 10.5. The number of carbonyl (C=O) groups is 1. The molecule has 0 bridgehead atoms. The summed E-state index contributed by atoms with van der Waals surface area (Å²) in [5.41, 5.74) is 3.21. The van der Waals surface area contributed by atoms with Gasteiger partial charge in [0.15, 0.2) is 0 Å². The van der Waals surface area contributed by atoms with Crippen molar-refractivity contribution in [1.29, 1.82) is 0 Å². The number of benzene rings is 1.